The zero-order valence-corrected chi connectivity index (χ0v) is 14.9. The number of aryl methyl sites for hydroxylation is 2. The van der Waals surface area contributed by atoms with Gasteiger partial charge in [-0.25, -0.2) is 4.98 Å². The van der Waals surface area contributed by atoms with Crippen LogP contribution in [0.4, 0.5) is 0 Å². The average Bonchev–Trinajstić information content (AvgIpc) is 3.00. The molecule has 0 spiro atoms. The molecule has 2 aromatic rings. The van der Waals surface area contributed by atoms with Crippen LogP contribution in [0.25, 0.3) is 4.96 Å². The van der Waals surface area contributed by atoms with Crippen LogP contribution in [0.2, 0.25) is 0 Å². The van der Waals surface area contributed by atoms with Gasteiger partial charge in [-0.1, -0.05) is 19.3 Å². The van der Waals surface area contributed by atoms with Crippen molar-refractivity contribution >= 4 is 28.1 Å². The van der Waals surface area contributed by atoms with Crippen LogP contribution in [-0.4, -0.2) is 26.9 Å². The molecule has 0 aromatic carbocycles. The maximum atomic E-state index is 4.67. The summed E-state index contributed by atoms with van der Waals surface area (Å²) in [6.07, 6.45) is 9.19. The lowest BCUT2D eigenvalue weighted by Gasteiger charge is -2.36. The van der Waals surface area contributed by atoms with Crippen LogP contribution >= 0.6 is 23.1 Å². The van der Waals surface area contributed by atoms with Crippen molar-refractivity contribution in [2.75, 3.05) is 12.8 Å². The third-order valence-corrected chi connectivity index (χ3v) is 7.13. The van der Waals surface area contributed by atoms with E-state index in [9.17, 15) is 0 Å². The van der Waals surface area contributed by atoms with E-state index in [-0.39, 0.29) is 0 Å². The largest absolute Gasteiger partial charge is 0.310 e. The van der Waals surface area contributed by atoms with E-state index in [1.165, 1.54) is 49.2 Å². The first kappa shape index (κ1) is 15.4. The third kappa shape index (κ3) is 3.01. The quantitative estimate of drug-likeness (QED) is 0.895. The van der Waals surface area contributed by atoms with E-state index in [1.54, 1.807) is 11.3 Å². The van der Waals surface area contributed by atoms with Crippen LogP contribution in [0.15, 0.2) is 5.38 Å². The number of thiazole rings is 1. The van der Waals surface area contributed by atoms with Crippen LogP contribution in [0.5, 0.6) is 0 Å². The molecule has 1 aliphatic carbocycles. The molecule has 1 saturated carbocycles. The van der Waals surface area contributed by atoms with Crippen LogP contribution in [0.1, 0.15) is 49.2 Å². The summed E-state index contributed by atoms with van der Waals surface area (Å²) in [5.74, 6) is 0. The lowest BCUT2D eigenvalue weighted by molar-refractivity contribution is 0.378. The van der Waals surface area contributed by atoms with Gasteiger partial charge in [-0.3, -0.25) is 4.40 Å². The molecule has 3 rings (SSSR count). The number of thioether (sulfide) groups is 1. The molecule has 5 heteroatoms. The Kier molecular flexibility index (Phi) is 4.62. The number of imidazole rings is 1. The summed E-state index contributed by atoms with van der Waals surface area (Å²) in [6.45, 7) is 6.33. The summed E-state index contributed by atoms with van der Waals surface area (Å²) in [5.41, 5.74) is 3.79. The van der Waals surface area contributed by atoms with Crippen molar-refractivity contribution in [1.82, 2.24) is 14.7 Å². The number of rotatable bonds is 5. The first-order valence-corrected chi connectivity index (χ1v) is 9.93. The number of aromatic nitrogens is 2. The molecule has 2 heterocycles. The molecule has 116 valence electrons. The Labute approximate surface area is 135 Å². The highest BCUT2D eigenvalue weighted by molar-refractivity contribution is 8.00. The second kappa shape index (κ2) is 6.31. The SMILES string of the molecule is CSC1(CNCc2c(C)nc3scc(C)n23)CCCCC1. The minimum Gasteiger partial charge on any atom is -0.310 e. The summed E-state index contributed by atoms with van der Waals surface area (Å²) < 4.78 is 2.76. The summed E-state index contributed by atoms with van der Waals surface area (Å²) in [7, 11) is 0. The number of nitrogens with one attached hydrogen (secondary N) is 1. The van der Waals surface area contributed by atoms with Crippen molar-refractivity contribution in [3.8, 4) is 0 Å². The van der Waals surface area contributed by atoms with E-state index >= 15 is 0 Å². The fourth-order valence-electron chi connectivity index (χ4n) is 3.43. The minimum atomic E-state index is 0.458. The molecule has 0 bridgehead atoms. The smallest absolute Gasteiger partial charge is 0.194 e. The second-order valence-electron chi connectivity index (χ2n) is 6.19. The van der Waals surface area contributed by atoms with Crippen molar-refractivity contribution in [3.63, 3.8) is 0 Å². The Morgan fingerprint density at radius 1 is 1.33 bits per heavy atom. The van der Waals surface area contributed by atoms with Gasteiger partial charge in [-0.2, -0.15) is 11.8 Å². The van der Waals surface area contributed by atoms with Crippen molar-refractivity contribution in [2.45, 2.75) is 57.2 Å². The van der Waals surface area contributed by atoms with Gasteiger partial charge in [0.2, 0.25) is 0 Å². The predicted octanol–water partition coefficient (Wildman–Crippen LogP) is 4.17. The third-order valence-electron chi connectivity index (χ3n) is 4.77. The van der Waals surface area contributed by atoms with Crippen molar-refractivity contribution in [2.24, 2.45) is 0 Å². The van der Waals surface area contributed by atoms with Gasteiger partial charge < -0.3 is 5.32 Å². The van der Waals surface area contributed by atoms with Crippen molar-refractivity contribution < 1.29 is 0 Å². The normalized spacial score (nSPS) is 18.4. The molecular formula is C16H25N3S2. The first-order chi connectivity index (χ1) is 10.2. The van der Waals surface area contributed by atoms with Gasteiger partial charge in [-0.15, -0.1) is 11.3 Å². The zero-order chi connectivity index (χ0) is 14.9. The lowest BCUT2D eigenvalue weighted by atomic mass is 9.88. The maximum absolute atomic E-state index is 4.67. The maximum Gasteiger partial charge on any atom is 0.194 e. The number of hydrogen-bond donors (Lipinski definition) is 1. The second-order valence-corrected chi connectivity index (χ2v) is 8.30. The Bertz CT molecular complexity index is 608. The number of nitrogens with zero attached hydrogens (tertiary/aromatic N) is 2. The monoisotopic (exact) mass is 323 g/mol. The summed E-state index contributed by atoms with van der Waals surface area (Å²) in [6, 6.07) is 0. The highest BCUT2D eigenvalue weighted by Crippen LogP contribution is 2.38. The highest BCUT2D eigenvalue weighted by atomic mass is 32.2. The average molecular weight is 324 g/mol. The lowest BCUT2D eigenvalue weighted by Crippen LogP contribution is -2.39. The molecule has 1 N–H and O–H groups in total. The molecule has 21 heavy (non-hydrogen) atoms. The zero-order valence-electron chi connectivity index (χ0n) is 13.2. The molecule has 0 atom stereocenters. The van der Waals surface area contributed by atoms with Crippen LogP contribution in [0, 0.1) is 13.8 Å². The highest BCUT2D eigenvalue weighted by Gasteiger charge is 2.30. The summed E-state index contributed by atoms with van der Waals surface area (Å²) in [5, 5.41) is 5.91. The summed E-state index contributed by atoms with van der Waals surface area (Å²) >= 11 is 3.79. The molecule has 0 radical (unpaired) electrons. The van der Waals surface area contributed by atoms with E-state index in [0.29, 0.717) is 4.75 Å². The van der Waals surface area contributed by atoms with Crippen LogP contribution in [-0.2, 0) is 6.54 Å². The van der Waals surface area contributed by atoms with E-state index in [1.807, 2.05) is 0 Å². The van der Waals surface area contributed by atoms with Gasteiger partial charge in [0.15, 0.2) is 4.96 Å². The number of fused-ring (bicyclic) bond motifs is 1. The fourth-order valence-corrected chi connectivity index (χ4v) is 5.31. The fraction of sp³-hybridized carbons (Fsp3) is 0.688. The van der Waals surface area contributed by atoms with E-state index < -0.39 is 0 Å². The molecule has 2 aromatic heterocycles. The minimum absolute atomic E-state index is 0.458. The standard InChI is InChI=1S/C16H25N3S2/c1-12-10-21-15-18-13(2)14(19(12)15)9-17-11-16(20-3)7-5-4-6-8-16/h10,17H,4-9,11H2,1-3H3. The van der Waals surface area contributed by atoms with Gasteiger partial charge in [-0.05, 0) is 32.9 Å². The molecule has 0 saturated heterocycles. The predicted molar refractivity (Wildman–Crippen MR) is 93.6 cm³/mol. The van der Waals surface area contributed by atoms with Crippen LogP contribution in [0.3, 0.4) is 0 Å². The van der Waals surface area contributed by atoms with Crippen molar-refractivity contribution in [1.29, 1.82) is 0 Å². The Balaban J connectivity index is 1.69. The van der Waals surface area contributed by atoms with Gasteiger partial charge in [0.1, 0.15) is 0 Å². The number of hydrogen-bond acceptors (Lipinski definition) is 4. The molecule has 1 aliphatic rings. The molecule has 0 amide bonds. The molecule has 0 aliphatic heterocycles. The van der Waals surface area contributed by atoms with E-state index in [2.05, 4.69) is 51.9 Å². The Hall–Kier alpha value is -0.520. The Morgan fingerprint density at radius 3 is 2.81 bits per heavy atom. The van der Waals surface area contributed by atoms with Gasteiger partial charge in [0, 0.05) is 28.9 Å². The van der Waals surface area contributed by atoms with E-state index in [0.717, 1.165) is 18.1 Å². The molecule has 1 fully saturated rings. The Morgan fingerprint density at radius 2 is 2.10 bits per heavy atom. The van der Waals surface area contributed by atoms with Crippen molar-refractivity contribution in [3.05, 3.63) is 22.5 Å². The van der Waals surface area contributed by atoms with Crippen LogP contribution < -0.4 is 5.32 Å². The topological polar surface area (TPSA) is 29.3 Å². The summed E-state index contributed by atoms with van der Waals surface area (Å²) in [4.78, 5) is 5.80. The molecule has 3 nitrogen and oxygen atoms in total. The first-order valence-electron chi connectivity index (χ1n) is 7.83. The molecular weight excluding hydrogens is 298 g/mol. The van der Waals surface area contributed by atoms with E-state index in [4.69, 9.17) is 0 Å². The van der Waals surface area contributed by atoms with Gasteiger partial charge >= 0.3 is 0 Å². The molecule has 0 unspecified atom stereocenters. The van der Waals surface area contributed by atoms with Gasteiger partial charge in [0.25, 0.3) is 0 Å². The van der Waals surface area contributed by atoms with Gasteiger partial charge in [0.05, 0.1) is 11.4 Å².